The van der Waals surface area contributed by atoms with Crippen LogP contribution < -0.4 is 19.7 Å². The second-order valence-corrected chi connectivity index (χ2v) is 9.82. The molecule has 5 rings (SSSR count). The quantitative estimate of drug-likeness (QED) is 0.190. The number of aliphatic hydroxyl groups excluding tert-OH is 1. The molecule has 0 fully saturated rings. The highest BCUT2D eigenvalue weighted by atomic mass is 35.5. The van der Waals surface area contributed by atoms with Gasteiger partial charge in [-0.2, -0.15) is 0 Å². The maximum atomic E-state index is 13.6. The molecule has 0 spiro atoms. The van der Waals surface area contributed by atoms with Gasteiger partial charge in [0.25, 0.3) is 11.6 Å². The molecule has 10 nitrogen and oxygen atoms in total. The fraction of sp³-hybridized carbons (Fsp3) is 0.269. The summed E-state index contributed by atoms with van der Waals surface area (Å²) in [5.74, 6) is 0.115. The van der Waals surface area contributed by atoms with Gasteiger partial charge < -0.3 is 29.9 Å². The number of nitro benzene ring substituents is 1. The Bertz CT molecular complexity index is 1410. The Labute approximate surface area is 217 Å². The van der Waals surface area contributed by atoms with Crippen LogP contribution in [-0.4, -0.2) is 40.7 Å². The minimum atomic E-state index is -1.90. The Morgan fingerprint density at radius 3 is 2.68 bits per heavy atom. The van der Waals surface area contributed by atoms with E-state index in [0.29, 0.717) is 17.8 Å². The van der Waals surface area contributed by atoms with E-state index in [1.807, 2.05) is 24.3 Å². The van der Waals surface area contributed by atoms with Crippen molar-refractivity contribution < 1.29 is 29.4 Å². The molecule has 37 heavy (non-hydrogen) atoms. The zero-order valence-corrected chi connectivity index (χ0v) is 20.7. The van der Waals surface area contributed by atoms with Gasteiger partial charge in [0, 0.05) is 41.6 Å². The standard InChI is InChI=1S/C26H24ClN3O7/c1-26(27,33)16-7-15(9-17(10-16)30(34)35)25(32)37-23-12-20-19(11-22(23)36-2)24(31)29-18(13-28-20)8-14-5-3-4-6-21(14)29/h3-7,9-12,18,25,28,32-33H,8,13H2,1-2H3/t18-,25?,26?/m0/s1. The number of anilines is 2. The maximum absolute atomic E-state index is 13.6. The number of amides is 1. The minimum Gasteiger partial charge on any atom is -0.493 e. The van der Waals surface area contributed by atoms with Crippen LogP contribution in [0, 0.1) is 10.1 Å². The lowest BCUT2D eigenvalue weighted by Crippen LogP contribution is -2.39. The van der Waals surface area contributed by atoms with Crippen molar-refractivity contribution in [2.45, 2.75) is 30.7 Å². The zero-order chi connectivity index (χ0) is 26.5. The predicted octanol–water partition coefficient (Wildman–Crippen LogP) is 4.07. The Morgan fingerprint density at radius 1 is 1.22 bits per heavy atom. The van der Waals surface area contributed by atoms with E-state index >= 15 is 0 Å². The van der Waals surface area contributed by atoms with Crippen molar-refractivity contribution in [3.05, 3.63) is 87.0 Å². The summed E-state index contributed by atoms with van der Waals surface area (Å²) in [6.45, 7) is 1.76. The fourth-order valence-electron chi connectivity index (χ4n) is 4.73. The summed E-state index contributed by atoms with van der Waals surface area (Å²) < 4.78 is 11.2. The van der Waals surface area contributed by atoms with Gasteiger partial charge in [-0.3, -0.25) is 14.9 Å². The van der Waals surface area contributed by atoms with Gasteiger partial charge in [-0.05, 0) is 37.1 Å². The largest absolute Gasteiger partial charge is 0.493 e. The summed E-state index contributed by atoms with van der Waals surface area (Å²) in [5.41, 5.74) is 2.51. The molecule has 3 N–H and O–H groups in total. The first-order chi connectivity index (χ1) is 17.6. The summed E-state index contributed by atoms with van der Waals surface area (Å²) in [6.07, 6.45) is -0.942. The highest BCUT2D eigenvalue weighted by Crippen LogP contribution is 2.41. The number of benzene rings is 3. The normalized spacial score (nSPS) is 18.5. The highest BCUT2D eigenvalue weighted by Gasteiger charge is 2.38. The van der Waals surface area contributed by atoms with E-state index in [4.69, 9.17) is 21.1 Å². The Balaban J connectivity index is 1.49. The molecule has 3 aromatic carbocycles. The molecule has 192 valence electrons. The third-order valence-corrected chi connectivity index (χ3v) is 6.77. The molecular weight excluding hydrogens is 502 g/mol. The number of para-hydroxylation sites is 1. The number of halogens is 1. The molecule has 2 unspecified atom stereocenters. The van der Waals surface area contributed by atoms with Crippen LogP contribution >= 0.6 is 11.6 Å². The van der Waals surface area contributed by atoms with E-state index in [1.54, 1.807) is 17.0 Å². The van der Waals surface area contributed by atoms with Gasteiger partial charge in [-0.25, -0.2) is 0 Å². The number of nitrogens with one attached hydrogen (secondary N) is 1. The van der Waals surface area contributed by atoms with Crippen LogP contribution in [-0.2, 0) is 11.5 Å². The number of nitro groups is 1. The van der Waals surface area contributed by atoms with E-state index < -0.39 is 16.3 Å². The monoisotopic (exact) mass is 525 g/mol. The molecule has 1 amide bonds. The maximum Gasteiger partial charge on any atom is 0.270 e. The molecule has 0 radical (unpaired) electrons. The molecule has 0 saturated carbocycles. The number of nitrogens with zero attached hydrogens (tertiary/aromatic N) is 2. The van der Waals surface area contributed by atoms with Crippen LogP contribution in [0.1, 0.15) is 40.3 Å². The Kier molecular flexibility index (Phi) is 6.18. The molecule has 2 aliphatic rings. The zero-order valence-electron chi connectivity index (χ0n) is 20.0. The van der Waals surface area contributed by atoms with Crippen molar-refractivity contribution in [2.24, 2.45) is 0 Å². The molecule has 0 aromatic heterocycles. The summed E-state index contributed by atoms with van der Waals surface area (Å²) in [7, 11) is 1.40. The first-order valence-electron chi connectivity index (χ1n) is 11.5. The summed E-state index contributed by atoms with van der Waals surface area (Å²) >= 11 is 5.95. The minimum absolute atomic E-state index is 0.00315. The lowest BCUT2D eigenvalue weighted by molar-refractivity contribution is -0.385. The van der Waals surface area contributed by atoms with Crippen LogP contribution in [0.5, 0.6) is 11.5 Å². The predicted molar refractivity (Wildman–Crippen MR) is 136 cm³/mol. The molecule has 2 heterocycles. The smallest absolute Gasteiger partial charge is 0.270 e. The average molecular weight is 526 g/mol. The summed E-state index contributed by atoms with van der Waals surface area (Å²) in [6, 6.07) is 14.4. The van der Waals surface area contributed by atoms with Crippen molar-refractivity contribution in [3.8, 4) is 11.5 Å². The number of non-ortho nitro benzene ring substituents is 1. The topological polar surface area (TPSA) is 134 Å². The van der Waals surface area contributed by atoms with E-state index in [-0.39, 0.29) is 40.3 Å². The lowest BCUT2D eigenvalue weighted by atomic mass is 10.0. The van der Waals surface area contributed by atoms with E-state index in [0.717, 1.165) is 29.8 Å². The molecule has 3 aromatic rings. The second-order valence-electron chi connectivity index (χ2n) is 9.09. The number of hydrogen-bond acceptors (Lipinski definition) is 8. The summed E-state index contributed by atoms with van der Waals surface area (Å²) in [4.78, 5) is 26.1. The van der Waals surface area contributed by atoms with Gasteiger partial charge in [0.2, 0.25) is 6.29 Å². The highest BCUT2D eigenvalue weighted by molar-refractivity contribution is 6.22. The van der Waals surface area contributed by atoms with Gasteiger partial charge in [-0.15, -0.1) is 0 Å². The Hall–Kier alpha value is -3.86. The number of alkyl halides is 1. The van der Waals surface area contributed by atoms with Crippen LogP contribution in [0.4, 0.5) is 17.1 Å². The van der Waals surface area contributed by atoms with E-state index in [9.17, 15) is 25.1 Å². The first-order valence-corrected chi connectivity index (χ1v) is 11.9. The number of ether oxygens (including phenoxy) is 2. The number of methoxy groups -OCH3 is 1. The molecule has 2 aliphatic heterocycles. The first kappa shape index (κ1) is 24.8. The molecule has 0 saturated heterocycles. The van der Waals surface area contributed by atoms with Crippen LogP contribution in [0.25, 0.3) is 0 Å². The van der Waals surface area contributed by atoms with Gasteiger partial charge in [0.1, 0.15) is 0 Å². The number of fused-ring (bicyclic) bond motifs is 4. The number of carbonyl (C=O) groups excluding carboxylic acids is 1. The van der Waals surface area contributed by atoms with Crippen LogP contribution in [0.3, 0.4) is 0 Å². The third kappa shape index (κ3) is 4.55. The van der Waals surface area contributed by atoms with Crippen molar-refractivity contribution in [1.29, 1.82) is 0 Å². The fourth-order valence-corrected chi connectivity index (χ4v) is 4.83. The van der Waals surface area contributed by atoms with Crippen LogP contribution in [0.2, 0.25) is 0 Å². The lowest BCUT2D eigenvalue weighted by Gasteiger charge is -2.23. The van der Waals surface area contributed by atoms with Crippen molar-refractivity contribution in [2.75, 3.05) is 23.9 Å². The third-order valence-electron chi connectivity index (χ3n) is 6.55. The molecule has 0 bridgehead atoms. The van der Waals surface area contributed by atoms with Crippen molar-refractivity contribution in [1.82, 2.24) is 0 Å². The van der Waals surface area contributed by atoms with Gasteiger partial charge in [0.15, 0.2) is 16.6 Å². The Morgan fingerprint density at radius 2 is 1.97 bits per heavy atom. The second kappa shape index (κ2) is 9.22. The number of rotatable bonds is 6. The number of carbonyl (C=O) groups is 1. The summed E-state index contributed by atoms with van der Waals surface area (Å²) in [5, 5.41) is 33.8. The van der Waals surface area contributed by atoms with Gasteiger partial charge >= 0.3 is 0 Å². The number of hydrogen-bond donors (Lipinski definition) is 3. The van der Waals surface area contributed by atoms with E-state index in [2.05, 4.69) is 5.32 Å². The van der Waals surface area contributed by atoms with Gasteiger partial charge in [0.05, 0.1) is 29.3 Å². The van der Waals surface area contributed by atoms with Crippen molar-refractivity contribution >= 4 is 34.6 Å². The number of aliphatic hydroxyl groups is 2. The molecular formula is C26H24ClN3O7. The SMILES string of the molecule is COc1cc2c(cc1OC(O)c1cc([N+](=O)[O-])cc(C(C)(O)Cl)c1)NC[C@@H]1Cc3ccccc3N1C2=O. The average Bonchev–Trinajstić information content (AvgIpc) is 3.18. The van der Waals surface area contributed by atoms with E-state index in [1.165, 1.54) is 20.1 Å². The van der Waals surface area contributed by atoms with Crippen LogP contribution in [0.15, 0.2) is 54.6 Å². The van der Waals surface area contributed by atoms with Crippen molar-refractivity contribution in [3.63, 3.8) is 0 Å². The molecule has 3 atom stereocenters. The molecule has 11 heteroatoms. The van der Waals surface area contributed by atoms with Gasteiger partial charge in [-0.1, -0.05) is 29.8 Å². The molecule has 0 aliphatic carbocycles.